The van der Waals surface area contributed by atoms with Crippen molar-refractivity contribution in [2.24, 2.45) is 0 Å². The zero-order chi connectivity index (χ0) is 83.0. The van der Waals surface area contributed by atoms with Crippen LogP contribution < -0.4 is 76.3 Å². The molecule has 0 bridgehead atoms. The zero-order valence-corrected chi connectivity index (χ0v) is 66.9. The van der Waals surface area contributed by atoms with E-state index >= 15 is 0 Å². The van der Waals surface area contributed by atoms with E-state index in [4.69, 9.17) is 42.1 Å². The van der Waals surface area contributed by atoms with Crippen LogP contribution in [0.3, 0.4) is 0 Å². The van der Waals surface area contributed by atoms with Crippen LogP contribution in [0.5, 0.6) is 0 Å². The number of imidazole rings is 3. The molecular weight excluding hydrogens is 1670 g/mol. The second-order valence-corrected chi connectivity index (χ2v) is 34.1. The lowest BCUT2D eigenvalue weighted by atomic mass is 10.2. The van der Waals surface area contributed by atoms with E-state index in [1.54, 1.807) is 10.6 Å². The van der Waals surface area contributed by atoms with Gasteiger partial charge in [0.25, 0.3) is 68.1 Å². The van der Waals surface area contributed by atoms with Gasteiger partial charge < -0.3 is 147 Å². The SMILES string of the molecule is C=CCNc1nc2c(ncn2[C@H]2CC(OP(=O)([O-])OC)[C@@H](COP(=O)([O-])OC)O2)c(=O)[nH]1.CCC1CNc2[nH]c(=O)c3ncn([C@H]4CC(OP(=O)([O-])OC)[C@@H](COP(=O)([O-])OC)O4)c3[n+]21.CCC1CNc2nc(=O)c3[nH]cnc3n21.COP(=O)([O-])O.COP(=O)([O-])O.COP(=O)([O-])OC[C@H]1OC(O)CC1OP(=O)([O-])OC. The molecule has 62 heteroatoms. The summed E-state index contributed by atoms with van der Waals surface area (Å²) in [6, 6.07) is 0.365. The quantitative estimate of drug-likeness (QED) is 0.0119. The summed E-state index contributed by atoms with van der Waals surface area (Å²) in [6.07, 6.45) is -2.50. The number of hydrogen-bond donors (Lipinski definition) is 9. The number of aliphatic hydroxyl groups excluding tert-OH is 1. The smallest absolute Gasteiger partial charge is 0.324 e. The highest BCUT2D eigenvalue weighted by Gasteiger charge is 2.45. The van der Waals surface area contributed by atoms with Crippen LogP contribution in [-0.4, -0.2) is 208 Å². The fraction of sp³-hybridized carbons (Fsp3) is 0.653. The third-order valence-corrected chi connectivity index (χ3v) is 22.2. The molecule has 6 aromatic rings. The molecule has 5 aliphatic heterocycles. The summed E-state index contributed by atoms with van der Waals surface area (Å²) in [5.41, 5.74) is 0.831. The maximum absolute atomic E-state index is 12.5. The van der Waals surface area contributed by atoms with E-state index in [-0.39, 0.29) is 53.5 Å². The van der Waals surface area contributed by atoms with E-state index in [1.165, 1.54) is 23.5 Å². The maximum Gasteiger partial charge on any atom is 0.324 e. The number of nitrogens with one attached hydrogen (secondary N) is 6. The first-order valence-electron chi connectivity index (χ1n) is 31.6. The monoisotopic (exact) mass is 1750 g/mol. The van der Waals surface area contributed by atoms with Crippen LogP contribution in [0.15, 0.2) is 46.0 Å². The Morgan fingerprint density at radius 2 is 1.04 bits per heavy atom. The average molecular weight is 1750 g/mol. The summed E-state index contributed by atoms with van der Waals surface area (Å²) in [4.78, 5) is 168. The van der Waals surface area contributed by atoms with E-state index in [0.29, 0.717) is 47.8 Å². The number of nitrogens with zero attached hydrogens (tertiary/aromatic N) is 9. The van der Waals surface area contributed by atoms with Gasteiger partial charge in [0.2, 0.25) is 23.1 Å². The Balaban J connectivity index is 0.000000227. The van der Waals surface area contributed by atoms with Gasteiger partial charge in [-0.05, 0) is 12.8 Å². The molecule has 3 fully saturated rings. The van der Waals surface area contributed by atoms with Gasteiger partial charge in [-0.3, -0.25) is 70.3 Å². The Labute approximate surface area is 626 Å². The number of H-pyrrole nitrogens is 3. The maximum atomic E-state index is 12.5. The molecule has 0 saturated carbocycles. The van der Waals surface area contributed by atoms with Crippen LogP contribution in [0.4, 0.5) is 17.8 Å². The largest absolute Gasteiger partial charge is 0.756 e. The normalized spacial score (nSPS) is 26.1. The lowest BCUT2D eigenvalue weighted by Crippen LogP contribution is -2.41. The molecule has 0 radical (unpaired) electrons. The Morgan fingerprint density at radius 3 is 1.50 bits per heavy atom. The van der Waals surface area contributed by atoms with Gasteiger partial charge in [-0.15, -0.1) is 6.58 Å². The number of aromatic nitrogens is 12. The minimum atomic E-state index is -4.69. The van der Waals surface area contributed by atoms with Gasteiger partial charge in [0.15, 0.2) is 34.8 Å². The number of aromatic amines is 3. The number of rotatable bonds is 30. The summed E-state index contributed by atoms with van der Waals surface area (Å²) in [6.45, 7) is 7.73. The Kier molecular flexibility index (Phi) is 34.7. The summed E-state index contributed by atoms with van der Waals surface area (Å²) in [5.74, 6) is 1.31. The molecule has 111 heavy (non-hydrogen) atoms. The first-order valence-corrected chi connectivity index (χ1v) is 43.4. The number of aliphatic hydroxyl groups is 1. The lowest BCUT2D eigenvalue weighted by Gasteiger charge is -2.28. The van der Waals surface area contributed by atoms with Gasteiger partial charge in [-0.2, -0.15) is 9.97 Å². The van der Waals surface area contributed by atoms with Crippen LogP contribution in [0.1, 0.15) is 70.5 Å². The van der Waals surface area contributed by atoms with Crippen LogP contribution in [0, 0.1) is 0 Å². The first kappa shape index (κ1) is 94.8. The summed E-state index contributed by atoms with van der Waals surface area (Å²) in [7, 11) is -29.1. The van der Waals surface area contributed by atoms with E-state index < -0.39 is 149 Å². The number of phosphoric acid groups is 8. The minimum absolute atomic E-state index is 0.0163. The molecule has 630 valence electrons. The number of fused-ring (bicyclic) bond motifs is 7. The highest BCUT2D eigenvalue weighted by Crippen LogP contribution is 2.49. The van der Waals surface area contributed by atoms with Gasteiger partial charge in [0.1, 0.15) is 43.0 Å². The molecular formula is C49H78N15O39P8-7. The van der Waals surface area contributed by atoms with Gasteiger partial charge in [-0.25, -0.2) is 29.1 Å². The van der Waals surface area contributed by atoms with Crippen molar-refractivity contribution in [2.45, 2.75) is 113 Å². The molecule has 9 N–H and O–H groups in total. The molecule has 11 rings (SSSR count). The molecule has 0 spiro atoms. The van der Waals surface area contributed by atoms with Crippen LogP contribution in [0.2, 0.25) is 0 Å². The molecule has 6 aromatic heterocycles. The van der Waals surface area contributed by atoms with Crippen molar-refractivity contribution in [3.05, 3.63) is 62.7 Å². The van der Waals surface area contributed by atoms with Crippen LogP contribution >= 0.6 is 62.6 Å². The van der Waals surface area contributed by atoms with Gasteiger partial charge in [-0.1, -0.05) is 19.9 Å². The first-order chi connectivity index (χ1) is 51.8. The average Bonchev–Trinajstić information content (AvgIpc) is 1.59. The number of ether oxygens (including phenoxy) is 3. The zero-order valence-electron chi connectivity index (χ0n) is 59.8. The molecule has 0 amide bonds. The molecule has 54 nitrogen and oxygen atoms in total. The molecule has 3 saturated heterocycles. The second-order valence-electron chi connectivity index (χ2n) is 22.5. The third kappa shape index (κ3) is 27.3. The number of anilines is 3. The Bertz CT molecular complexity index is 4680. The fourth-order valence-corrected chi connectivity index (χ4v) is 13.6. The highest BCUT2D eigenvalue weighted by molar-refractivity contribution is 7.47. The van der Waals surface area contributed by atoms with E-state index in [0.717, 1.165) is 76.3 Å². The van der Waals surface area contributed by atoms with Crippen molar-refractivity contribution < 1.29 is 173 Å². The molecule has 11 heterocycles. The van der Waals surface area contributed by atoms with Crippen LogP contribution in [0.25, 0.3) is 33.5 Å². The lowest BCUT2D eigenvalue weighted by molar-refractivity contribution is -0.677. The minimum Gasteiger partial charge on any atom is -0.756 e. The molecule has 19 atom stereocenters. The predicted octanol–water partition coefficient (Wildman–Crippen LogP) is -3.65. The third-order valence-electron chi connectivity index (χ3n) is 15.6. The Hall–Kier alpha value is -5.09. The van der Waals surface area contributed by atoms with Crippen molar-refractivity contribution in [3.8, 4) is 0 Å². The molecule has 5 aliphatic rings. The summed E-state index contributed by atoms with van der Waals surface area (Å²) >= 11 is 0. The fourth-order valence-electron chi connectivity index (χ4n) is 10.3. The van der Waals surface area contributed by atoms with Gasteiger partial charge in [0.05, 0.1) is 57.3 Å². The standard InChI is InChI=1S/C16H25N5O10P2.C15H23N5O10P2.C9H11N5O.C7H16O10P2.2CH5O4P/c1-4-9-6-17-16-19-14(22)13-15(21(9)16)20(8-18-13)12-5-10(31-33(25,26)28-3)11(30-12)7-29-32(23,24)27-2;1-4-5-16-15-18-13-12(14(21)19-15)17-8-20(13)11-6-9(30-32(24,25)27-3)10(29-11)7-28-31(22,23)26-2;1-2-5-3-10-9-13-8(15)6-7(14(5)9)12-4-11-6;1-13-18(9,10)15-4-6-5(3-7(8)16-6)17-19(11,12)14-2;2*1-5-6(2,3)4/h8-12H,4-7H2,1-3H3,(H3,17,19,22,23,24,25,26);4,8-11H,1,5-7H2,2-3H3,(H,22,23)(H,24,25)(H2,16,18,19,21);4-5H,2-3H2,1H3,(H,11,12)(H,10,13,15);5-8H,3-4H2,1-2H3,(H,9,10)(H,11,12);2*1H3,(H2,2,3,4)/p-7/t9?,10?,11-,12-;9?,10-,11-;;5?,6-,7?;;/m11.1../s1. The number of hydrogen-bond acceptors (Lipinski definition) is 45. The van der Waals surface area contributed by atoms with Gasteiger partial charge >= 0.3 is 17.1 Å². The Morgan fingerprint density at radius 1 is 0.586 bits per heavy atom. The second kappa shape index (κ2) is 40.7. The van der Waals surface area contributed by atoms with Gasteiger partial charge in [0, 0.05) is 89.2 Å². The molecule has 14 unspecified atom stereocenters. The van der Waals surface area contributed by atoms with Crippen molar-refractivity contribution in [3.63, 3.8) is 0 Å². The topological polar surface area (TPSA) is 756 Å². The van der Waals surface area contributed by atoms with Crippen LogP contribution in [-0.2, 0) is 114 Å². The molecule has 0 aromatic carbocycles. The number of phosphoric ester groups is 8. The molecule has 0 aliphatic carbocycles. The highest BCUT2D eigenvalue weighted by atomic mass is 31.2. The summed E-state index contributed by atoms with van der Waals surface area (Å²) < 4.78 is 172. The van der Waals surface area contributed by atoms with Crippen molar-refractivity contribution in [1.29, 1.82) is 0 Å². The van der Waals surface area contributed by atoms with E-state index in [1.807, 2.05) is 16.1 Å². The van der Waals surface area contributed by atoms with E-state index in [2.05, 4.69) is 115 Å². The van der Waals surface area contributed by atoms with Crippen molar-refractivity contribution in [2.75, 3.05) is 112 Å². The van der Waals surface area contributed by atoms with E-state index in [9.17, 15) is 95.2 Å². The predicted molar refractivity (Wildman–Crippen MR) is 358 cm³/mol. The summed E-state index contributed by atoms with van der Waals surface area (Å²) in [5, 5.41) is 18.4. The van der Waals surface area contributed by atoms with Crippen molar-refractivity contribution in [1.82, 2.24) is 53.6 Å². The van der Waals surface area contributed by atoms with Crippen molar-refractivity contribution >= 4 is 114 Å².